The number of benzene rings is 4. The van der Waals surface area contributed by atoms with E-state index in [2.05, 4.69) is 39.9 Å². The lowest BCUT2D eigenvalue weighted by Gasteiger charge is -2.12. The lowest BCUT2D eigenvalue weighted by molar-refractivity contribution is 0.0955. The van der Waals surface area contributed by atoms with Crippen LogP contribution in [0.15, 0.2) is 101 Å². The molecule has 1 heterocycles. The first-order valence-electron chi connectivity index (χ1n) is 13.3. The molecule has 0 saturated heterocycles. The maximum atomic E-state index is 12.7. The number of hydrogen-bond acceptors (Lipinski definition) is 7. The zero-order valence-corrected chi connectivity index (χ0v) is 24.7. The van der Waals surface area contributed by atoms with Crippen LogP contribution in [-0.2, 0) is 6.61 Å². The summed E-state index contributed by atoms with van der Waals surface area (Å²) in [5.74, 6) is 0.897. The monoisotopic (exact) mass is 596 g/mol. The summed E-state index contributed by atoms with van der Waals surface area (Å²) < 4.78 is 11.7. The summed E-state index contributed by atoms with van der Waals surface area (Å²) in [4.78, 5) is 17.3. The number of anilines is 2. The van der Waals surface area contributed by atoms with Crippen molar-refractivity contribution in [1.29, 1.82) is 0 Å². The number of carbonyl (C=O) groups excluding carboxylic acids is 1. The number of amides is 1. The maximum Gasteiger partial charge on any atom is 0.271 e. The molecule has 0 atom stereocenters. The summed E-state index contributed by atoms with van der Waals surface area (Å²) in [5, 5.41) is 10.9. The largest absolute Gasteiger partial charge is 0.490 e. The Hall–Kier alpha value is -4.66. The smallest absolute Gasteiger partial charge is 0.271 e. The Morgan fingerprint density at radius 1 is 0.952 bits per heavy atom. The van der Waals surface area contributed by atoms with Crippen LogP contribution in [0.4, 0.5) is 10.8 Å². The van der Waals surface area contributed by atoms with Gasteiger partial charge in [0.1, 0.15) is 6.61 Å². The number of aromatic nitrogens is 1. The fraction of sp³-hybridized carbons (Fsp3) is 0.121. The van der Waals surface area contributed by atoms with Crippen LogP contribution in [0.5, 0.6) is 11.5 Å². The molecular formula is C33H29ClN4O3S. The number of nitrogens with one attached hydrogen (secondary N) is 2. The van der Waals surface area contributed by atoms with Crippen LogP contribution >= 0.6 is 22.9 Å². The molecule has 0 saturated carbocycles. The van der Waals surface area contributed by atoms with Crippen LogP contribution in [0.1, 0.15) is 34.0 Å². The maximum absolute atomic E-state index is 12.7. The Morgan fingerprint density at radius 3 is 2.45 bits per heavy atom. The number of aryl methyl sites for hydroxylation is 1. The zero-order chi connectivity index (χ0) is 29.3. The first-order valence-corrected chi connectivity index (χ1v) is 14.6. The van der Waals surface area contributed by atoms with E-state index < -0.39 is 0 Å². The van der Waals surface area contributed by atoms with E-state index in [1.54, 1.807) is 18.3 Å². The summed E-state index contributed by atoms with van der Waals surface area (Å²) in [5.41, 5.74) is 8.78. The Labute approximate surface area is 253 Å². The molecule has 0 aliphatic heterocycles. The van der Waals surface area contributed by atoms with Crippen LogP contribution < -0.4 is 20.2 Å². The molecule has 5 aromatic rings. The predicted molar refractivity (Wildman–Crippen MR) is 170 cm³/mol. The minimum Gasteiger partial charge on any atom is -0.490 e. The SMILES string of the molecule is CCOc1cc(/C=N\NC(=O)c2ccc(-c3csc(Nc4ccc(C)cc4)n3)cc2)ccc1OCc1ccc(Cl)cc1. The number of carbonyl (C=O) groups is 1. The number of nitrogens with zero attached hydrogens (tertiary/aromatic N) is 2. The van der Waals surface area contributed by atoms with Crippen LogP contribution in [0.2, 0.25) is 5.02 Å². The number of halogens is 1. The highest BCUT2D eigenvalue weighted by Crippen LogP contribution is 2.30. The van der Waals surface area contributed by atoms with Crippen molar-refractivity contribution in [2.75, 3.05) is 11.9 Å². The zero-order valence-electron chi connectivity index (χ0n) is 23.1. The van der Waals surface area contributed by atoms with Crippen molar-refractivity contribution in [3.8, 4) is 22.8 Å². The Morgan fingerprint density at radius 2 is 1.71 bits per heavy atom. The third-order valence-electron chi connectivity index (χ3n) is 6.20. The summed E-state index contributed by atoms with van der Waals surface area (Å²) in [6.07, 6.45) is 1.57. The minimum atomic E-state index is -0.314. The molecule has 212 valence electrons. The van der Waals surface area contributed by atoms with Crippen molar-refractivity contribution in [2.45, 2.75) is 20.5 Å². The quantitative estimate of drug-likeness (QED) is 0.118. The van der Waals surface area contributed by atoms with Gasteiger partial charge in [0, 0.05) is 27.2 Å². The van der Waals surface area contributed by atoms with E-state index in [1.807, 2.05) is 79.0 Å². The number of hydrazone groups is 1. The van der Waals surface area contributed by atoms with Gasteiger partial charge in [-0.3, -0.25) is 4.79 Å². The molecule has 9 heteroatoms. The summed E-state index contributed by atoms with van der Waals surface area (Å²) in [6.45, 7) is 4.83. The highest BCUT2D eigenvalue weighted by atomic mass is 35.5. The molecular weight excluding hydrogens is 568 g/mol. The van der Waals surface area contributed by atoms with Gasteiger partial charge in [0.2, 0.25) is 0 Å². The van der Waals surface area contributed by atoms with Crippen LogP contribution in [-0.4, -0.2) is 23.7 Å². The van der Waals surface area contributed by atoms with Gasteiger partial charge in [-0.05, 0) is 79.6 Å². The van der Waals surface area contributed by atoms with Crippen molar-refractivity contribution < 1.29 is 14.3 Å². The van der Waals surface area contributed by atoms with Gasteiger partial charge < -0.3 is 14.8 Å². The van der Waals surface area contributed by atoms with Gasteiger partial charge in [-0.2, -0.15) is 5.10 Å². The van der Waals surface area contributed by atoms with E-state index in [9.17, 15) is 4.79 Å². The number of rotatable bonds is 11. The average molecular weight is 597 g/mol. The summed E-state index contributed by atoms with van der Waals surface area (Å²) >= 11 is 7.49. The molecule has 1 aromatic heterocycles. The highest BCUT2D eigenvalue weighted by Gasteiger charge is 2.10. The third kappa shape index (κ3) is 7.75. The number of thiazole rings is 1. The third-order valence-corrected chi connectivity index (χ3v) is 7.21. The standard InChI is InChI=1S/C33H29ClN4O3S/c1-3-40-31-18-24(8-17-30(31)41-20-23-6-13-27(34)14-7-23)19-35-38-32(39)26-11-9-25(10-12-26)29-21-42-33(37-29)36-28-15-4-22(2)5-16-28/h4-19,21H,3,20H2,1-2H3,(H,36,37)(H,38,39)/b35-19-. The first-order chi connectivity index (χ1) is 20.5. The highest BCUT2D eigenvalue weighted by molar-refractivity contribution is 7.14. The second kappa shape index (κ2) is 13.8. The summed E-state index contributed by atoms with van der Waals surface area (Å²) in [7, 11) is 0. The molecule has 2 N–H and O–H groups in total. The molecule has 5 rings (SSSR count). The van der Waals surface area contributed by atoms with Crippen molar-refractivity contribution in [1.82, 2.24) is 10.4 Å². The minimum absolute atomic E-state index is 0.314. The Balaban J connectivity index is 1.17. The normalized spacial score (nSPS) is 10.9. The molecule has 1 amide bonds. The van der Waals surface area contributed by atoms with E-state index in [-0.39, 0.29) is 5.91 Å². The van der Waals surface area contributed by atoms with E-state index >= 15 is 0 Å². The van der Waals surface area contributed by atoms with Crippen LogP contribution in [0.3, 0.4) is 0 Å². The van der Waals surface area contributed by atoms with E-state index in [0.29, 0.717) is 35.3 Å². The van der Waals surface area contributed by atoms with Crippen molar-refractivity contribution in [3.05, 3.63) is 124 Å². The topological polar surface area (TPSA) is 84.8 Å². The van der Waals surface area contributed by atoms with Crippen molar-refractivity contribution in [2.24, 2.45) is 5.10 Å². The fourth-order valence-electron chi connectivity index (χ4n) is 3.98. The average Bonchev–Trinajstić information content (AvgIpc) is 3.47. The predicted octanol–water partition coefficient (Wildman–Crippen LogP) is 8.26. The second-order valence-electron chi connectivity index (χ2n) is 9.36. The molecule has 4 aromatic carbocycles. The van der Waals surface area contributed by atoms with E-state index in [4.69, 9.17) is 21.1 Å². The molecule has 0 unspecified atom stereocenters. The molecule has 0 bridgehead atoms. The van der Waals surface area contributed by atoms with E-state index in [0.717, 1.165) is 33.2 Å². The lowest BCUT2D eigenvalue weighted by atomic mass is 10.1. The van der Waals surface area contributed by atoms with Gasteiger partial charge >= 0.3 is 0 Å². The lowest BCUT2D eigenvalue weighted by Crippen LogP contribution is -2.17. The number of ether oxygens (including phenoxy) is 2. The van der Waals surface area contributed by atoms with Gasteiger partial charge in [-0.1, -0.05) is 53.6 Å². The van der Waals surface area contributed by atoms with Gasteiger partial charge in [0.05, 0.1) is 18.5 Å². The molecule has 0 aliphatic rings. The fourth-order valence-corrected chi connectivity index (χ4v) is 4.85. The molecule has 0 spiro atoms. The molecule has 0 aliphatic carbocycles. The molecule has 42 heavy (non-hydrogen) atoms. The summed E-state index contributed by atoms with van der Waals surface area (Å²) in [6, 6.07) is 28.4. The van der Waals surface area contributed by atoms with Gasteiger partial charge in [0.25, 0.3) is 5.91 Å². The molecule has 7 nitrogen and oxygen atoms in total. The van der Waals surface area contributed by atoms with Gasteiger partial charge in [-0.15, -0.1) is 11.3 Å². The number of hydrogen-bond donors (Lipinski definition) is 2. The van der Waals surface area contributed by atoms with Crippen LogP contribution in [0.25, 0.3) is 11.3 Å². The Bertz CT molecular complexity index is 1670. The second-order valence-corrected chi connectivity index (χ2v) is 10.7. The first kappa shape index (κ1) is 28.9. The molecule has 0 radical (unpaired) electrons. The molecule has 0 fully saturated rings. The van der Waals surface area contributed by atoms with Crippen LogP contribution in [0, 0.1) is 6.92 Å². The van der Waals surface area contributed by atoms with Crippen molar-refractivity contribution in [3.63, 3.8) is 0 Å². The van der Waals surface area contributed by atoms with Gasteiger partial charge in [0.15, 0.2) is 16.6 Å². The Kier molecular flexibility index (Phi) is 9.48. The van der Waals surface area contributed by atoms with E-state index in [1.165, 1.54) is 16.9 Å². The van der Waals surface area contributed by atoms with Crippen molar-refractivity contribution >= 4 is 45.9 Å². The van der Waals surface area contributed by atoms with Gasteiger partial charge in [-0.25, -0.2) is 10.4 Å².